The van der Waals surface area contributed by atoms with Crippen LogP contribution in [0.25, 0.3) is 27.7 Å². The number of hydrogen-bond donors (Lipinski definition) is 1. The number of aromatic nitrogens is 5. The molecule has 5 heterocycles. The molecule has 6 rings (SSSR count). The van der Waals surface area contributed by atoms with E-state index in [2.05, 4.69) is 20.4 Å². The third-order valence-corrected chi connectivity index (χ3v) is 7.19. The van der Waals surface area contributed by atoms with Gasteiger partial charge in [0.15, 0.2) is 11.6 Å². The third kappa shape index (κ3) is 4.54. The number of rotatable bonds is 7. The molecular weight excluding hydrogens is 525 g/mol. The molecule has 9 nitrogen and oxygen atoms in total. The minimum atomic E-state index is -2.70. The summed E-state index contributed by atoms with van der Waals surface area (Å²) < 4.78 is 93.1. The summed E-state index contributed by atoms with van der Waals surface area (Å²) >= 11 is 0. The summed E-state index contributed by atoms with van der Waals surface area (Å²) in [4.78, 5) is 10.1. The summed E-state index contributed by atoms with van der Waals surface area (Å²) in [5, 5.41) is 7.24. The fourth-order valence-electron chi connectivity index (χ4n) is 5.21. The van der Waals surface area contributed by atoms with Crippen LogP contribution < -0.4 is 10.1 Å². The van der Waals surface area contributed by atoms with Gasteiger partial charge in [-0.2, -0.15) is 4.98 Å². The molecule has 2 fully saturated rings. The highest BCUT2D eigenvalue weighted by Crippen LogP contribution is 2.37. The molecule has 2 saturated heterocycles. The largest absolute Gasteiger partial charge is 0.479 e. The van der Waals surface area contributed by atoms with Gasteiger partial charge in [0.2, 0.25) is 11.8 Å². The molecule has 0 aliphatic carbocycles. The van der Waals surface area contributed by atoms with Crippen molar-refractivity contribution in [1.29, 1.82) is 0 Å². The van der Waals surface area contributed by atoms with Crippen molar-refractivity contribution >= 4 is 22.5 Å². The molecule has 0 amide bonds. The monoisotopic (exact) mass is 552 g/mol. The Morgan fingerprint density at radius 1 is 1.23 bits per heavy atom. The van der Waals surface area contributed by atoms with E-state index in [4.69, 9.17) is 10.8 Å². The number of ether oxygens (including phenoxy) is 2. The summed E-state index contributed by atoms with van der Waals surface area (Å²) in [6.07, 6.45) is -2.59. The smallest absolute Gasteiger partial charge is 0.256 e. The van der Waals surface area contributed by atoms with Gasteiger partial charge in [-0.05, 0) is 31.0 Å². The van der Waals surface area contributed by atoms with Gasteiger partial charge in [-0.1, -0.05) is 0 Å². The van der Waals surface area contributed by atoms with Crippen molar-refractivity contribution in [2.45, 2.75) is 44.5 Å². The molecule has 0 bridgehead atoms. The first-order valence-corrected chi connectivity index (χ1v) is 12.4. The number of nitrogens with one attached hydrogen (secondary N) is 1. The Balaban J connectivity index is 1.35. The molecule has 2 aliphatic rings. The number of imidazole rings is 1. The normalized spacial score (nSPS) is 21.9. The molecule has 14 heteroatoms. The fraction of sp³-hybridized carbons (Fsp3) is 0.480. The standard InChI is InChI=1S/C25H26F5N7O2/c1-12-31-22-15(26)5-13(6-19(22)36(12)9-20(29)30)21-17(28)8-37-23(21)24(38-2)33-25(34-37)32-18-3-4-35(7-16(18)27)14-10-39-11-14/h5-6,8,14,16,18,20H,3-4,7,9-11H2,1-2H3,(H,32,34)/t16-,18+/m0/s1/i14D. The quantitative estimate of drug-likeness (QED) is 0.349. The van der Waals surface area contributed by atoms with E-state index in [1.165, 1.54) is 24.7 Å². The van der Waals surface area contributed by atoms with E-state index in [-0.39, 0.29) is 65.1 Å². The van der Waals surface area contributed by atoms with E-state index in [9.17, 15) is 8.78 Å². The fourth-order valence-corrected chi connectivity index (χ4v) is 5.21. The number of anilines is 1. The van der Waals surface area contributed by atoms with Crippen molar-refractivity contribution in [3.8, 4) is 17.0 Å². The van der Waals surface area contributed by atoms with E-state index in [0.29, 0.717) is 13.0 Å². The van der Waals surface area contributed by atoms with Gasteiger partial charge in [0.1, 0.15) is 23.0 Å². The Bertz CT molecular complexity index is 1590. The Hall–Kier alpha value is -3.52. The minimum absolute atomic E-state index is 0.00756. The molecule has 0 saturated carbocycles. The van der Waals surface area contributed by atoms with Crippen LogP contribution in [0.4, 0.5) is 27.9 Å². The van der Waals surface area contributed by atoms with Crippen LogP contribution in [0.1, 0.15) is 13.6 Å². The number of benzene rings is 1. The zero-order chi connectivity index (χ0) is 28.3. The van der Waals surface area contributed by atoms with E-state index >= 15 is 13.2 Å². The minimum Gasteiger partial charge on any atom is -0.479 e. The molecule has 0 unspecified atom stereocenters. The van der Waals surface area contributed by atoms with Crippen LogP contribution in [0.2, 0.25) is 0 Å². The number of likely N-dealkylation sites (tertiary alicyclic amines) is 1. The number of hydrogen-bond acceptors (Lipinski definition) is 7. The second kappa shape index (κ2) is 9.90. The van der Waals surface area contributed by atoms with Crippen LogP contribution in [-0.2, 0) is 11.3 Å². The van der Waals surface area contributed by atoms with Crippen molar-refractivity contribution in [1.82, 2.24) is 29.0 Å². The summed E-state index contributed by atoms with van der Waals surface area (Å²) in [5.74, 6) is -1.45. The molecule has 3 aromatic heterocycles. The van der Waals surface area contributed by atoms with E-state index < -0.39 is 42.8 Å². The van der Waals surface area contributed by atoms with Gasteiger partial charge in [-0.25, -0.2) is 31.5 Å². The van der Waals surface area contributed by atoms with Crippen molar-refractivity contribution in [2.75, 3.05) is 38.7 Å². The van der Waals surface area contributed by atoms with E-state index in [0.717, 1.165) is 16.8 Å². The maximum absolute atomic E-state index is 15.4. The number of piperidine rings is 1. The van der Waals surface area contributed by atoms with Crippen molar-refractivity contribution in [3.63, 3.8) is 0 Å². The van der Waals surface area contributed by atoms with Crippen LogP contribution in [0.15, 0.2) is 18.3 Å². The lowest BCUT2D eigenvalue weighted by Crippen LogP contribution is -2.57. The molecule has 4 aromatic rings. The van der Waals surface area contributed by atoms with Crippen LogP contribution in [0, 0.1) is 18.6 Å². The lowest BCUT2D eigenvalue weighted by molar-refractivity contribution is -0.0794. The number of fused-ring (bicyclic) bond motifs is 2. The topological polar surface area (TPSA) is 81.7 Å². The first kappa shape index (κ1) is 24.5. The highest BCUT2D eigenvalue weighted by atomic mass is 19.3. The summed E-state index contributed by atoms with van der Waals surface area (Å²) in [5.41, 5.74) is 0.0329. The van der Waals surface area contributed by atoms with Gasteiger partial charge in [0.05, 0.1) is 57.6 Å². The van der Waals surface area contributed by atoms with Crippen molar-refractivity contribution < 1.29 is 32.8 Å². The predicted octanol–water partition coefficient (Wildman–Crippen LogP) is 3.83. The average Bonchev–Trinajstić information content (AvgIpc) is 3.38. The van der Waals surface area contributed by atoms with Gasteiger partial charge in [-0.15, -0.1) is 5.10 Å². The van der Waals surface area contributed by atoms with Crippen molar-refractivity contribution in [2.24, 2.45) is 0 Å². The summed E-state index contributed by atoms with van der Waals surface area (Å²) in [6.45, 7) is 1.78. The Morgan fingerprint density at radius 3 is 2.69 bits per heavy atom. The van der Waals surface area contributed by atoms with Crippen molar-refractivity contribution in [3.05, 3.63) is 35.8 Å². The number of nitrogens with zero attached hydrogens (tertiary/aromatic N) is 6. The predicted molar refractivity (Wildman–Crippen MR) is 132 cm³/mol. The molecule has 1 N–H and O–H groups in total. The second-order valence-electron chi connectivity index (χ2n) is 9.64. The maximum Gasteiger partial charge on any atom is 0.256 e. The number of halogens is 5. The van der Waals surface area contributed by atoms with Crippen LogP contribution >= 0.6 is 0 Å². The Morgan fingerprint density at radius 2 is 2.03 bits per heavy atom. The SMILES string of the molecule is [2H]C1(N2CC[C@@H](Nc3nc(OC)c4c(-c5cc(F)c6nc(C)n(CC(F)F)c6c5)c(F)cn4n3)[C@@H](F)C2)COC1. The zero-order valence-corrected chi connectivity index (χ0v) is 21.1. The second-order valence-corrected chi connectivity index (χ2v) is 9.64. The van der Waals surface area contributed by atoms with Crippen LogP contribution in [0.5, 0.6) is 5.88 Å². The molecule has 0 radical (unpaired) electrons. The molecule has 1 aromatic carbocycles. The van der Waals surface area contributed by atoms with Crippen LogP contribution in [0.3, 0.4) is 0 Å². The first-order valence-electron chi connectivity index (χ1n) is 12.9. The molecule has 208 valence electrons. The van der Waals surface area contributed by atoms with Gasteiger partial charge in [0.25, 0.3) is 6.43 Å². The third-order valence-electron chi connectivity index (χ3n) is 7.19. The number of alkyl halides is 3. The van der Waals surface area contributed by atoms with E-state index in [1.54, 1.807) is 4.90 Å². The van der Waals surface area contributed by atoms with E-state index in [1.807, 2.05) is 0 Å². The van der Waals surface area contributed by atoms with Gasteiger partial charge in [-0.3, -0.25) is 4.90 Å². The first-order chi connectivity index (χ1) is 19.1. The van der Waals surface area contributed by atoms with Gasteiger partial charge in [0, 0.05) is 13.1 Å². The van der Waals surface area contributed by atoms with Gasteiger partial charge < -0.3 is 19.4 Å². The Kier molecular flexibility index (Phi) is 6.22. The summed E-state index contributed by atoms with van der Waals surface area (Å²) in [7, 11) is 1.32. The Labute approximate surface area is 220 Å². The highest BCUT2D eigenvalue weighted by Gasteiger charge is 2.36. The van der Waals surface area contributed by atoms with Gasteiger partial charge >= 0.3 is 0 Å². The molecule has 39 heavy (non-hydrogen) atoms. The molecular formula is C25H26F5N7O2. The zero-order valence-electron chi connectivity index (χ0n) is 22.1. The molecule has 0 spiro atoms. The maximum atomic E-state index is 15.4. The molecule has 2 aliphatic heterocycles. The van der Waals surface area contributed by atoms with Crippen LogP contribution in [-0.4, -0.2) is 87.1 Å². The molecule has 2 atom stereocenters. The summed E-state index contributed by atoms with van der Waals surface area (Å²) in [6, 6.07) is 0.890. The lowest BCUT2D eigenvalue weighted by Gasteiger charge is -2.42. The lowest BCUT2D eigenvalue weighted by atomic mass is 10.0. The number of aryl methyl sites for hydroxylation is 1. The average molecular weight is 553 g/mol. The number of methoxy groups -OCH3 is 1. The highest BCUT2D eigenvalue weighted by molar-refractivity contribution is 5.90.